The van der Waals surface area contributed by atoms with Crippen LogP contribution in [0.2, 0.25) is 0 Å². The van der Waals surface area contributed by atoms with Crippen molar-refractivity contribution in [3.63, 3.8) is 0 Å². The van der Waals surface area contributed by atoms with E-state index >= 15 is 0 Å². The number of hydrogen-bond donors (Lipinski definition) is 0. The summed E-state index contributed by atoms with van der Waals surface area (Å²) >= 11 is 0. The molecule has 2 aromatic rings. The lowest BCUT2D eigenvalue weighted by atomic mass is 9.69. The van der Waals surface area contributed by atoms with E-state index in [1.165, 1.54) is 0 Å². The third kappa shape index (κ3) is 3.39. The number of rotatable bonds is 4. The van der Waals surface area contributed by atoms with E-state index in [1.54, 1.807) is 14.2 Å². The van der Waals surface area contributed by atoms with Crippen LogP contribution in [-0.4, -0.2) is 25.7 Å². The normalized spacial score (nSPS) is 23.3. The maximum absolute atomic E-state index is 13.4. The molecule has 0 amide bonds. The Kier molecular flexibility index (Phi) is 5.41. The summed E-state index contributed by atoms with van der Waals surface area (Å²) in [5, 5.41) is 9.95. The number of ether oxygens (including phenoxy) is 2. The molecule has 0 bridgehead atoms. The van der Waals surface area contributed by atoms with Gasteiger partial charge in [0.25, 0.3) is 0 Å². The van der Waals surface area contributed by atoms with Crippen LogP contribution in [0.5, 0.6) is 11.5 Å². The zero-order valence-electron chi connectivity index (χ0n) is 17.4. The molecular weight excluding hydrogens is 376 g/mol. The topological polar surface area (TPSA) is 71.7 Å². The molecule has 0 saturated heterocycles. The first-order valence-corrected chi connectivity index (χ1v) is 10.0. The van der Waals surface area contributed by atoms with Gasteiger partial charge in [0.1, 0.15) is 11.5 Å². The maximum Gasteiger partial charge on any atom is 0.161 e. The molecule has 0 radical (unpaired) electrons. The fourth-order valence-corrected chi connectivity index (χ4v) is 4.61. The number of ketones is 1. The zero-order chi connectivity index (χ0) is 21.3. The van der Waals surface area contributed by atoms with E-state index in [4.69, 9.17) is 14.5 Å². The first-order chi connectivity index (χ1) is 14.6. The molecule has 1 aliphatic carbocycles. The number of nitrogens with zero attached hydrogens (tertiary/aromatic N) is 2. The van der Waals surface area contributed by atoms with Gasteiger partial charge in [-0.05, 0) is 43.0 Å². The second kappa shape index (κ2) is 8.16. The van der Waals surface area contributed by atoms with Gasteiger partial charge in [-0.1, -0.05) is 30.3 Å². The number of carbonyl (C=O) groups is 1. The molecule has 5 nitrogen and oxygen atoms in total. The number of nitriles is 1. The highest BCUT2D eigenvalue weighted by Crippen LogP contribution is 2.48. The molecule has 2 aromatic carbocycles. The predicted octanol–water partition coefficient (Wildman–Crippen LogP) is 4.80. The minimum atomic E-state index is -0.526. The maximum atomic E-state index is 13.4. The van der Waals surface area contributed by atoms with Crippen molar-refractivity contribution in [2.75, 3.05) is 14.2 Å². The van der Waals surface area contributed by atoms with Gasteiger partial charge in [0.15, 0.2) is 5.78 Å². The molecular formula is C25H24N2O3. The Morgan fingerprint density at radius 2 is 1.83 bits per heavy atom. The van der Waals surface area contributed by atoms with Crippen LogP contribution in [0.25, 0.3) is 0 Å². The molecule has 2 aliphatic rings. The molecule has 1 heterocycles. The third-order valence-corrected chi connectivity index (χ3v) is 6.07. The van der Waals surface area contributed by atoms with Crippen molar-refractivity contribution < 1.29 is 14.3 Å². The second-order valence-electron chi connectivity index (χ2n) is 7.74. The van der Waals surface area contributed by atoms with Crippen LogP contribution in [0.1, 0.15) is 42.7 Å². The number of carbonyl (C=O) groups excluding carboxylic acids is 1. The summed E-state index contributed by atoms with van der Waals surface area (Å²) in [6.45, 7) is 1.87. The lowest BCUT2D eigenvalue weighted by Gasteiger charge is -2.35. The van der Waals surface area contributed by atoms with E-state index in [2.05, 4.69) is 18.2 Å². The number of Topliss-reactive ketones (excluding diaryl/α,β-unsaturated/α-hetero) is 1. The van der Waals surface area contributed by atoms with Crippen LogP contribution in [0, 0.1) is 17.2 Å². The highest BCUT2D eigenvalue weighted by molar-refractivity contribution is 6.03. The SMILES string of the molecule is COc1ccc(OC)c([C@@H]2C3=C(C[C@H](c4ccccc4)CC3=O)N=C(C)C2C#N)c1. The minimum absolute atomic E-state index is 0.0523. The second-order valence-corrected chi connectivity index (χ2v) is 7.74. The molecule has 152 valence electrons. The van der Waals surface area contributed by atoms with E-state index in [0.29, 0.717) is 29.9 Å². The van der Waals surface area contributed by atoms with Gasteiger partial charge in [-0.2, -0.15) is 5.26 Å². The van der Waals surface area contributed by atoms with Gasteiger partial charge in [0, 0.05) is 34.9 Å². The number of aliphatic imine (C=N–C) groups is 1. The minimum Gasteiger partial charge on any atom is -0.497 e. The summed E-state index contributed by atoms with van der Waals surface area (Å²) in [5.74, 6) is 0.506. The van der Waals surface area contributed by atoms with Gasteiger partial charge in [0.05, 0.1) is 26.2 Å². The Labute approximate surface area is 176 Å². The Morgan fingerprint density at radius 1 is 1.07 bits per heavy atom. The molecule has 0 saturated carbocycles. The molecule has 3 atom stereocenters. The Balaban J connectivity index is 1.85. The smallest absolute Gasteiger partial charge is 0.161 e. The van der Waals surface area contributed by atoms with Gasteiger partial charge in [-0.25, -0.2) is 0 Å². The largest absolute Gasteiger partial charge is 0.497 e. The first-order valence-electron chi connectivity index (χ1n) is 10.0. The Morgan fingerprint density at radius 3 is 2.50 bits per heavy atom. The average molecular weight is 400 g/mol. The molecule has 1 aliphatic heterocycles. The first kappa shape index (κ1) is 19.9. The lowest BCUT2D eigenvalue weighted by Crippen LogP contribution is -2.32. The lowest BCUT2D eigenvalue weighted by molar-refractivity contribution is -0.116. The van der Waals surface area contributed by atoms with Crippen molar-refractivity contribution in [3.8, 4) is 17.6 Å². The molecule has 0 aromatic heterocycles. The van der Waals surface area contributed by atoms with Gasteiger partial charge >= 0.3 is 0 Å². The van der Waals surface area contributed by atoms with Crippen LogP contribution in [0.3, 0.4) is 0 Å². The van der Waals surface area contributed by atoms with Gasteiger partial charge < -0.3 is 9.47 Å². The van der Waals surface area contributed by atoms with Crippen molar-refractivity contribution in [1.29, 1.82) is 5.26 Å². The Bertz CT molecular complexity index is 1080. The van der Waals surface area contributed by atoms with E-state index in [0.717, 1.165) is 22.5 Å². The summed E-state index contributed by atoms with van der Waals surface area (Å²) < 4.78 is 11.0. The zero-order valence-corrected chi connectivity index (χ0v) is 17.4. The monoisotopic (exact) mass is 400 g/mol. The van der Waals surface area contributed by atoms with E-state index in [9.17, 15) is 10.1 Å². The third-order valence-electron chi connectivity index (χ3n) is 6.07. The molecule has 0 fully saturated rings. The van der Waals surface area contributed by atoms with Crippen LogP contribution in [0.15, 0.2) is 64.8 Å². The number of benzene rings is 2. The Hall–Kier alpha value is -3.39. The van der Waals surface area contributed by atoms with Gasteiger partial charge in [-0.3, -0.25) is 9.79 Å². The van der Waals surface area contributed by atoms with Crippen LogP contribution in [-0.2, 0) is 4.79 Å². The number of methoxy groups -OCH3 is 2. The fourth-order valence-electron chi connectivity index (χ4n) is 4.61. The van der Waals surface area contributed by atoms with Crippen molar-refractivity contribution >= 4 is 11.5 Å². The molecule has 1 unspecified atom stereocenters. The number of hydrogen-bond acceptors (Lipinski definition) is 5. The van der Waals surface area contributed by atoms with Crippen LogP contribution in [0.4, 0.5) is 0 Å². The summed E-state index contributed by atoms with van der Waals surface area (Å²) in [6.07, 6.45) is 1.10. The van der Waals surface area contributed by atoms with Crippen molar-refractivity contribution in [2.45, 2.75) is 31.6 Å². The standard InChI is InChI=1S/C25H24N2O3/c1-15-20(14-26)24(19-13-18(29-2)9-10-23(19)30-3)25-21(27-15)11-17(12-22(25)28)16-7-5-4-6-8-16/h4-10,13,17,20,24H,11-12H2,1-3H3/t17-,20?,24-/m0/s1. The van der Waals surface area contributed by atoms with Gasteiger partial charge in [0.2, 0.25) is 0 Å². The molecule has 30 heavy (non-hydrogen) atoms. The molecule has 5 heteroatoms. The van der Waals surface area contributed by atoms with Crippen molar-refractivity contribution in [1.82, 2.24) is 0 Å². The molecule has 0 N–H and O–H groups in total. The molecule has 4 rings (SSSR count). The predicted molar refractivity (Wildman–Crippen MR) is 115 cm³/mol. The highest BCUT2D eigenvalue weighted by Gasteiger charge is 2.42. The van der Waals surface area contributed by atoms with E-state index < -0.39 is 11.8 Å². The highest BCUT2D eigenvalue weighted by atomic mass is 16.5. The fraction of sp³-hybridized carbons (Fsp3) is 0.320. The number of allylic oxidation sites excluding steroid dienone is 2. The summed E-state index contributed by atoms with van der Waals surface area (Å²) in [6, 6.07) is 18.0. The van der Waals surface area contributed by atoms with Gasteiger partial charge in [-0.15, -0.1) is 0 Å². The van der Waals surface area contributed by atoms with E-state index in [-0.39, 0.29) is 11.7 Å². The van der Waals surface area contributed by atoms with Crippen molar-refractivity contribution in [2.24, 2.45) is 10.9 Å². The van der Waals surface area contributed by atoms with E-state index in [1.807, 2.05) is 43.3 Å². The molecule has 0 spiro atoms. The van der Waals surface area contributed by atoms with Crippen molar-refractivity contribution in [3.05, 3.63) is 70.9 Å². The summed E-state index contributed by atoms with van der Waals surface area (Å²) in [7, 11) is 3.20. The summed E-state index contributed by atoms with van der Waals surface area (Å²) in [5.41, 5.74) is 4.09. The van der Waals surface area contributed by atoms with Crippen LogP contribution < -0.4 is 9.47 Å². The summed E-state index contributed by atoms with van der Waals surface area (Å²) in [4.78, 5) is 18.1. The quantitative estimate of drug-likeness (QED) is 0.739. The average Bonchev–Trinajstić information content (AvgIpc) is 2.78. The van der Waals surface area contributed by atoms with Crippen LogP contribution >= 0.6 is 0 Å².